The van der Waals surface area contributed by atoms with Crippen molar-refractivity contribution in [3.05, 3.63) is 75.6 Å². The molecule has 1 heterocycles. The number of nitrogens with two attached hydrogens (primary N) is 1. The fourth-order valence-corrected chi connectivity index (χ4v) is 3.98. The van der Waals surface area contributed by atoms with Gasteiger partial charge in [0.1, 0.15) is 0 Å². The maximum absolute atomic E-state index is 12.1. The highest BCUT2D eigenvalue weighted by Crippen LogP contribution is 2.35. The Hall–Kier alpha value is -3.16. The molecule has 0 saturated heterocycles. The van der Waals surface area contributed by atoms with Crippen LogP contribution in [0.3, 0.4) is 0 Å². The summed E-state index contributed by atoms with van der Waals surface area (Å²) in [5, 5.41) is 6.81. The van der Waals surface area contributed by atoms with Crippen LogP contribution in [0.1, 0.15) is 20.8 Å². The van der Waals surface area contributed by atoms with Gasteiger partial charge in [0.05, 0.1) is 11.6 Å². The van der Waals surface area contributed by atoms with Gasteiger partial charge < -0.3 is 16.4 Å². The minimum Gasteiger partial charge on any atom is -0.368 e. The summed E-state index contributed by atoms with van der Waals surface area (Å²) < 4.78 is 1.07. The van der Waals surface area contributed by atoms with E-state index >= 15 is 0 Å². The van der Waals surface area contributed by atoms with Gasteiger partial charge in [-0.1, -0.05) is 41.9 Å². The molecule has 3 amide bonds. The first-order valence-corrected chi connectivity index (χ1v) is 9.92. The van der Waals surface area contributed by atoms with Crippen LogP contribution in [0, 0.1) is 0 Å². The molecule has 0 unspecified atom stereocenters. The Morgan fingerprint density at radius 3 is 2.45 bits per heavy atom. The van der Waals surface area contributed by atoms with Gasteiger partial charge in [-0.3, -0.25) is 14.4 Å². The molecule has 148 valence electrons. The predicted octanol–water partition coefficient (Wildman–Crippen LogP) is 3.10. The maximum Gasteiger partial charge on any atom is 0.251 e. The van der Waals surface area contributed by atoms with Gasteiger partial charge in [-0.2, -0.15) is 0 Å². The number of rotatable bonds is 7. The van der Waals surface area contributed by atoms with E-state index in [0.29, 0.717) is 17.1 Å². The van der Waals surface area contributed by atoms with E-state index in [-0.39, 0.29) is 18.4 Å². The number of fused-ring (bicyclic) bond motifs is 1. The number of nitrogens with one attached hydrogen (secondary N) is 2. The minimum absolute atomic E-state index is 0.215. The number of carbonyl (C=O) groups is 3. The molecule has 1 aromatic heterocycles. The largest absolute Gasteiger partial charge is 0.368 e. The second-order valence-corrected chi connectivity index (χ2v) is 7.64. The van der Waals surface area contributed by atoms with Gasteiger partial charge in [0.25, 0.3) is 5.91 Å². The third-order valence-corrected chi connectivity index (χ3v) is 5.71. The van der Waals surface area contributed by atoms with Crippen LogP contribution in [0.25, 0.3) is 16.2 Å². The zero-order valence-corrected chi connectivity index (χ0v) is 16.8. The minimum atomic E-state index is -0.609. The van der Waals surface area contributed by atoms with Gasteiger partial charge >= 0.3 is 0 Å². The van der Waals surface area contributed by atoms with Crippen molar-refractivity contribution >= 4 is 56.8 Å². The first-order valence-electron chi connectivity index (χ1n) is 8.72. The summed E-state index contributed by atoms with van der Waals surface area (Å²) in [6.07, 6.45) is 3.15. The molecule has 0 saturated carbocycles. The number of thiophene rings is 1. The smallest absolute Gasteiger partial charge is 0.251 e. The summed E-state index contributed by atoms with van der Waals surface area (Å²) in [5.41, 5.74) is 6.23. The third kappa shape index (κ3) is 5.43. The Kier molecular flexibility index (Phi) is 6.64. The van der Waals surface area contributed by atoms with Crippen LogP contribution >= 0.6 is 22.9 Å². The topological polar surface area (TPSA) is 101 Å². The van der Waals surface area contributed by atoms with Gasteiger partial charge in [0.15, 0.2) is 0 Å². The van der Waals surface area contributed by atoms with E-state index in [1.165, 1.54) is 17.4 Å². The Morgan fingerprint density at radius 1 is 1.03 bits per heavy atom. The van der Waals surface area contributed by atoms with Crippen molar-refractivity contribution in [1.82, 2.24) is 10.6 Å². The molecule has 3 rings (SSSR count). The van der Waals surface area contributed by atoms with Crippen LogP contribution in [0.5, 0.6) is 0 Å². The first-order chi connectivity index (χ1) is 13.9. The number of halogens is 1. The Labute approximate surface area is 176 Å². The van der Waals surface area contributed by atoms with Crippen molar-refractivity contribution in [1.29, 1.82) is 0 Å². The van der Waals surface area contributed by atoms with E-state index in [1.54, 1.807) is 30.3 Å². The number of hydrogen-bond acceptors (Lipinski definition) is 4. The zero-order chi connectivity index (χ0) is 20.8. The van der Waals surface area contributed by atoms with E-state index in [4.69, 9.17) is 17.3 Å². The highest BCUT2D eigenvalue weighted by molar-refractivity contribution is 7.20. The average molecular weight is 428 g/mol. The van der Waals surface area contributed by atoms with E-state index in [9.17, 15) is 14.4 Å². The fourth-order valence-electron chi connectivity index (χ4n) is 2.58. The first kappa shape index (κ1) is 20.6. The van der Waals surface area contributed by atoms with Crippen molar-refractivity contribution in [2.45, 2.75) is 6.54 Å². The lowest BCUT2D eigenvalue weighted by atomic mass is 10.1. The Bertz CT molecular complexity index is 1090. The monoisotopic (exact) mass is 427 g/mol. The lowest BCUT2D eigenvalue weighted by molar-refractivity contribution is -0.117. The van der Waals surface area contributed by atoms with Gasteiger partial charge in [0.2, 0.25) is 11.8 Å². The summed E-state index contributed by atoms with van der Waals surface area (Å²) in [6, 6.07) is 14.5. The highest BCUT2D eigenvalue weighted by atomic mass is 35.5. The molecule has 0 aliphatic carbocycles. The Morgan fingerprint density at radius 2 is 1.76 bits per heavy atom. The van der Waals surface area contributed by atoms with Gasteiger partial charge in [-0.05, 0) is 29.8 Å². The van der Waals surface area contributed by atoms with Crippen LogP contribution in [0.4, 0.5) is 0 Å². The number of carbonyl (C=O) groups excluding carboxylic acids is 3. The number of primary amides is 1. The lowest BCUT2D eigenvalue weighted by Gasteiger charge is -2.05. The van der Waals surface area contributed by atoms with Gasteiger partial charge in [-0.25, -0.2) is 0 Å². The van der Waals surface area contributed by atoms with Gasteiger partial charge in [0, 0.05) is 33.1 Å². The highest BCUT2D eigenvalue weighted by Gasteiger charge is 2.08. The molecular formula is C21H18ClN3O3S. The van der Waals surface area contributed by atoms with Crippen LogP contribution in [-0.2, 0) is 16.1 Å². The summed E-state index contributed by atoms with van der Waals surface area (Å²) in [5.74, 6) is -1.24. The van der Waals surface area contributed by atoms with Crippen molar-refractivity contribution in [2.75, 3.05) is 6.54 Å². The molecule has 0 spiro atoms. The molecule has 0 fully saturated rings. The molecule has 0 bridgehead atoms. The molecule has 29 heavy (non-hydrogen) atoms. The second kappa shape index (κ2) is 9.36. The van der Waals surface area contributed by atoms with Crippen molar-refractivity contribution in [3.8, 4) is 0 Å². The van der Waals surface area contributed by atoms with Crippen LogP contribution in [0.2, 0.25) is 5.02 Å². The third-order valence-electron chi connectivity index (χ3n) is 4.05. The average Bonchev–Trinajstić information content (AvgIpc) is 3.05. The summed E-state index contributed by atoms with van der Waals surface area (Å²) in [6.45, 7) is 0.0965. The molecule has 6 nitrogen and oxygen atoms in total. The Balaban J connectivity index is 1.55. The van der Waals surface area contributed by atoms with Crippen molar-refractivity contribution in [3.63, 3.8) is 0 Å². The lowest BCUT2D eigenvalue weighted by Crippen LogP contribution is -2.33. The fraction of sp³-hybridized carbons (Fsp3) is 0.0952. The van der Waals surface area contributed by atoms with Crippen molar-refractivity contribution < 1.29 is 14.4 Å². The normalized spacial score (nSPS) is 10.9. The van der Waals surface area contributed by atoms with Crippen molar-refractivity contribution in [2.24, 2.45) is 5.73 Å². The molecule has 0 atom stereocenters. The predicted molar refractivity (Wildman–Crippen MR) is 116 cm³/mol. The van der Waals surface area contributed by atoms with E-state index in [0.717, 1.165) is 20.5 Å². The quantitative estimate of drug-likeness (QED) is 0.505. The molecule has 4 N–H and O–H groups in total. The number of amides is 3. The standard InChI is InChI=1S/C21H18ClN3O3S/c22-20-15-3-1-2-4-16(15)29-17(20)9-10-19(27)24-11-13-5-7-14(8-6-13)21(28)25-12-18(23)26/h1-10H,11-12H2,(H2,23,26)(H,24,27)(H,25,28)/b10-9+. The van der Waals surface area contributed by atoms with Crippen LogP contribution < -0.4 is 16.4 Å². The zero-order valence-electron chi connectivity index (χ0n) is 15.3. The molecule has 3 aromatic rings. The van der Waals surface area contributed by atoms with Crippen LogP contribution in [-0.4, -0.2) is 24.3 Å². The molecule has 0 radical (unpaired) electrons. The molecule has 0 aliphatic heterocycles. The van der Waals surface area contributed by atoms with Gasteiger partial charge in [-0.15, -0.1) is 11.3 Å². The van der Waals surface area contributed by atoms with E-state index in [1.807, 2.05) is 24.3 Å². The molecule has 8 heteroatoms. The summed E-state index contributed by atoms with van der Waals surface area (Å²) >= 11 is 7.89. The SMILES string of the molecule is NC(=O)CNC(=O)c1ccc(CNC(=O)/C=C/c2sc3ccccc3c2Cl)cc1. The summed E-state index contributed by atoms with van der Waals surface area (Å²) in [4.78, 5) is 35.5. The van der Waals surface area contributed by atoms with Crippen LogP contribution in [0.15, 0.2) is 54.6 Å². The molecule has 0 aliphatic rings. The summed E-state index contributed by atoms with van der Waals surface area (Å²) in [7, 11) is 0. The molecular weight excluding hydrogens is 410 g/mol. The maximum atomic E-state index is 12.1. The van der Waals surface area contributed by atoms with E-state index in [2.05, 4.69) is 10.6 Å². The number of hydrogen-bond donors (Lipinski definition) is 3. The second-order valence-electron chi connectivity index (χ2n) is 6.17. The molecule has 2 aromatic carbocycles. The van der Waals surface area contributed by atoms with E-state index < -0.39 is 5.91 Å². The number of benzene rings is 2.